The molecule has 3 heteroatoms. The Morgan fingerprint density at radius 2 is 1.94 bits per heavy atom. The number of hydrogen-bond donors (Lipinski definition) is 1. The molecule has 17 heavy (non-hydrogen) atoms. The molecule has 0 atom stereocenters. The van der Waals surface area contributed by atoms with E-state index < -0.39 is 0 Å². The smallest absolute Gasteiger partial charge is 0.338 e. The van der Waals surface area contributed by atoms with Crippen LogP contribution in [0, 0.1) is 6.92 Å². The van der Waals surface area contributed by atoms with Crippen LogP contribution in [0.25, 0.3) is 0 Å². The van der Waals surface area contributed by atoms with Crippen molar-refractivity contribution in [1.29, 1.82) is 0 Å². The van der Waals surface area contributed by atoms with Gasteiger partial charge in [0.25, 0.3) is 0 Å². The third-order valence-electron chi connectivity index (χ3n) is 3.42. The summed E-state index contributed by atoms with van der Waals surface area (Å²) in [6.07, 6.45) is 2.05. The van der Waals surface area contributed by atoms with Gasteiger partial charge in [-0.1, -0.05) is 18.2 Å². The first-order valence-corrected chi connectivity index (χ1v) is 6.24. The number of ether oxygens (including phenoxy) is 1. The van der Waals surface area contributed by atoms with E-state index >= 15 is 0 Å². The van der Waals surface area contributed by atoms with E-state index in [0.717, 1.165) is 31.5 Å². The van der Waals surface area contributed by atoms with Crippen molar-refractivity contribution in [3.05, 3.63) is 35.4 Å². The lowest BCUT2D eigenvalue weighted by Crippen LogP contribution is -3.10. The molecule has 1 saturated heterocycles. The molecule has 1 aromatic rings. The van der Waals surface area contributed by atoms with Gasteiger partial charge in [-0.25, -0.2) is 4.79 Å². The second-order valence-electron chi connectivity index (χ2n) is 4.88. The summed E-state index contributed by atoms with van der Waals surface area (Å²) in [7, 11) is 2.18. The van der Waals surface area contributed by atoms with Crippen molar-refractivity contribution >= 4 is 5.97 Å². The predicted octanol–water partition coefficient (Wildman–Crippen LogP) is 0.829. The number of likely N-dealkylation sites (tertiary alicyclic amines) is 1. The highest BCUT2D eigenvalue weighted by atomic mass is 16.5. The van der Waals surface area contributed by atoms with Crippen LogP contribution in [0.2, 0.25) is 0 Å². The van der Waals surface area contributed by atoms with Crippen LogP contribution in [-0.4, -0.2) is 32.2 Å². The third-order valence-corrected chi connectivity index (χ3v) is 3.42. The summed E-state index contributed by atoms with van der Waals surface area (Å²) >= 11 is 0. The Hall–Kier alpha value is -1.35. The Morgan fingerprint density at radius 3 is 2.59 bits per heavy atom. The van der Waals surface area contributed by atoms with Crippen LogP contribution in [0.5, 0.6) is 0 Å². The van der Waals surface area contributed by atoms with Gasteiger partial charge in [0.2, 0.25) is 0 Å². The van der Waals surface area contributed by atoms with Gasteiger partial charge in [-0.3, -0.25) is 0 Å². The van der Waals surface area contributed by atoms with Gasteiger partial charge in [-0.05, 0) is 18.6 Å². The van der Waals surface area contributed by atoms with Crippen LogP contribution in [0.15, 0.2) is 24.3 Å². The molecule has 1 aliphatic rings. The second-order valence-corrected chi connectivity index (χ2v) is 4.88. The number of carbonyl (C=O) groups is 1. The molecule has 1 heterocycles. The summed E-state index contributed by atoms with van der Waals surface area (Å²) in [5.41, 5.74) is 1.68. The molecule has 1 N–H and O–H groups in total. The van der Waals surface area contributed by atoms with Gasteiger partial charge in [-0.2, -0.15) is 0 Å². The number of quaternary nitrogens is 1. The lowest BCUT2D eigenvalue weighted by Gasteiger charge is -2.26. The van der Waals surface area contributed by atoms with Gasteiger partial charge in [0.15, 0.2) is 0 Å². The molecule has 0 spiro atoms. The summed E-state index contributed by atoms with van der Waals surface area (Å²) in [4.78, 5) is 13.5. The number of aryl methyl sites for hydroxylation is 1. The van der Waals surface area contributed by atoms with Crippen LogP contribution in [0.3, 0.4) is 0 Å². The Morgan fingerprint density at radius 1 is 1.29 bits per heavy atom. The van der Waals surface area contributed by atoms with Crippen LogP contribution < -0.4 is 4.90 Å². The molecule has 0 amide bonds. The van der Waals surface area contributed by atoms with Crippen LogP contribution >= 0.6 is 0 Å². The van der Waals surface area contributed by atoms with Gasteiger partial charge >= 0.3 is 5.97 Å². The standard InChI is InChI=1S/C14H19NO2/c1-11-5-3-4-6-13(11)14(16)17-12-7-9-15(2)10-8-12/h3-6,12H,7-10H2,1-2H3/p+1. The van der Waals surface area contributed by atoms with Crippen molar-refractivity contribution < 1.29 is 14.4 Å². The molecule has 1 fully saturated rings. The fourth-order valence-corrected chi connectivity index (χ4v) is 2.22. The van der Waals surface area contributed by atoms with Gasteiger partial charge in [0.1, 0.15) is 6.10 Å². The maximum absolute atomic E-state index is 12.0. The summed E-state index contributed by atoms with van der Waals surface area (Å²) in [5, 5.41) is 0. The third kappa shape index (κ3) is 3.07. The molecule has 1 aliphatic heterocycles. The molecule has 0 radical (unpaired) electrons. The van der Waals surface area contributed by atoms with E-state index in [9.17, 15) is 4.79 Å². The van der Waals surface area contributed by atoms with E-state index in [-0.39, 0.29) is 12.1 Å². The minimum absolute atomic E-state index is 0.103. The summed E-state index contributed by atoms with van der Waals surface area (Å²) in [6, 6.07) is 7.58. The Bertz CT molecular complexity index is 395. The minimum Gasteiger partial charge on any atom is -0.458 e. The minimum atomic E-state index is -0.173. The van der Waals surface area contributed by atoms with Gasteiger partial charge < -0.3 is 9.64 Å². The van der Waals surface area contributed by atoms with Gasteiger partial charge in [0.05, 0.1) is 25.7 Å². The number of esters is 1. The SMILES string of the molecule is Cc1ccccc1C(=O)OC1CC[NH+](C)CC1. The molecule has 0 aliphatic carbocycles. The zero-order valence-electron chi connectivity index (χ0n) is 10.5. The molecule has 0 saturated carbocycles. The van der Waals surface area contributed by atoms with E-state index in [4.69, 9.17) is 4.74 Å². The average molecular weight is 234 g/mol. The molecule has 0 bridgehead atoms. The topological polar surface area (TPSA) is 30.7 Å². The average Bonchev–Trinajstić information content (AvgIpc) is 2.32. The quantitative estimate of drug-likeness (QED) is 0.768. The van der Waals surface area contributed by atoms with Crippen molar-refractivity contribution in [3.63, 3.8) is 0 Å². The van der Waals surface area contributed by atoms with Crippen LogP contribution in [-0.2, 0) is 4.74 Å². The van der Waals surface area contributed by atoms with E-state index in [1.54, 1.807) is 0 Å². The molecular formula is C14H20NO2+. The maximum Gasteiger partial charge on any atom is 0.338 e. The van der Waals surface area contributed by atoms with E-state index in [0.29, 0.717) is 5.56 Å². The molecule has 0 aromatic heterocycles. The number of benzene rings is 1. The van der Waals surface area contributed by atoms with Crippen molar-refractivity contribution in [2.24, 2.45) is 0 Å². The summed E-state index contributed by atoms with van der Waals surface area (Å²) in [5.74, 6) is -0.173. The second kappa shape index (κ2) is 5.32. The highest BCUT2D eigenvalue weighted by Gasteiger charge is 2.23. The first kappa shape index (κ1) is 12.1. The normalized spacial score (nSPS) is 24.4. The predicted molar refractivity (Wildman–Crippen MR) is 66.2 cm³/mol. The zero-order chi connectivity index (χ0) is 12.3. The molecule has 3 nitrogen and oxygen atoms in total. The maximum atomic E-state index is 12.0. The van der Waals surface area contributed by atoms with Crippen molar-refractivity contribution in [2.45, 2.75) is 25.9 Å². The van der Waals surface area contributed by atoms with Crippen molar-refractivity contribution in [2.75, 3.05) is 20.1 Å². The molecule has 2 rings (SSSR count). The van der Waals surface area contributed by atoms with E-state index in [1.807, 2.05) is 31.2 Å². The van der Waals surface area contributed by atoms with Gasteiger partial charge in [0, 0.05) is 12.8 Å². The number of nitrogens with one attached hydrogen (secondary N) is 1. The highest BCUT2D eigenvalue weighted by Crippen LogP contribution is 2.13. The Labute approximate surface area is 102 Å². The largest absolute Gasteiger partial charge is 0.458 e. The fourth-order valence-electron chi connectivity index (χ4n) is 2.22. The van der Waals surface area contributed by atoms with E-state index in [2.05, 4.69) is 7.05 Å². The van der Waals surface area contributed by atoms with Crippen molar-refractivity contribution in [3.8, 4) is 0 Å². The molecular weight excluding hydrogens is 214 g/mol. The first-order valence-electron chi connectivity index (χ1n) is 6.24. The zero-order valence-corrected chi connectivity index (χ0v) is 10.5. The lowest BCUT2D eigenvalue weighted by molar-refractivity contribution is -0.885. The monoisotopic (exact) mass is 234 g/mol. The number of carbonyl (C=O) groups excluding carboxylic acids is 1. The first-order chi connectivity index (χ1) is 8.16. The summed E-state index contributed by atoms with van der Waals surface area (Å²) < 4.78 is 5.55. The number of piperidine rings is 1. The molecule has 92 valence electrons. The summed E-state index contributed by atoms with van der Waals surface area (Å²) in [6.45, 7) is 4.12. The lowest BCUT2D eigenvalue weighted by atomic mass is 10.1. The molecule has 0 unspecified atom stereocenters. The Kier molecular flexibility index (Phi) is 3.79. The van der Waals surface area contributed by atoms with Crippen molar-refractivity contribution in [1.82, 2.24) is 0 Å². The fraction of sp³-hybridized carbons (Fsp3) is 0.500. The van der Waals surface area contributed by atoms with Crippen LogP contribution in [0.1, 0.15) is 28.8 Å². The highest BCUT2D eigenvalue weighted by molar-refractivity contribution is 5.91. The van der Waals surface area contributed by atoms with Gasteiger partial charge in [-0.15, -0.1) is 0 Å². The number of hydrogen-bond acceptors (Lipinski definition) is 2. The number of rotatable bonds is 2. The Balaban J connectivity index is 1.96. The van der Waals surface area contributed by atoms with Crippen LogP contribution in [0.4, 0.5) is 0 Å². The molecule has 1 aromatic carbocycles. The van der Waals surface area contributed by atoms with E-state index in [1.165, 1.54) is 4.90 Å².